The molecule has 21 nitrogen and oxygen atoms in total. The first-order valence-corrected chi connectivity index (χ1v) is 27.7. The molecule has 3 N–H and O–H groups in total. The van der Waals surface area contributed by atoms with Gasteiger partial charge in [-0.1, -0.05) is 24.3 Å². The molecule has 79 heavy (non-hydrogen) atoms. The normalized spacial score (nSPS) is 19.5. The molecule has 418 valence electrons. The number of aromatic nitrogens is 8. The standard InChI is InChI=1S/C29H37N7O3.C26H33N7O2.C3H4O2/c1-19(2)39-25-15-36(16-25)28(37)11-20-7-9-35(24-17-38-18-24)13-22-10-21(4-5-26(20)22)27-6-8-30-29(33-27)32-23-12-31-34(3)14-23;1-17(2)35-22-15-33(16-22)25(34)11-18-6-8-27-12-20-10-19(4-5-23(18)20)24-7-9-28-26(31-24)30-21-13-29-32(3)14-21;4-3-1-5-2-3/h4-6,8,10,12,14,19-20,24-25H,7,9,11,13,15-18H2,1-3H3,(H,30,32,33);4-5,7,9-10,13-14,17-18,22,27H,6,8,11-12,15-16H2,1-3H3,(H,28,30,31);1-2H2. The highest BCUT2D eigenvalue weighted by molar-refractivity contribution is 5.84. The van der Waals surface area contributed by atoms with Crippen molar-refractivity contribution in [1.82, 2.24) is 59.5 Å². The lowest BCUT2D eigenvalue weighted by molar-refractivity contribution is -0.149. The number of likely N-dealkylation sites (tertiary alicyclic amines) is 2. The molecule has 21 heteroatoms. The Bertz CT molecular complexity index is 3050. The molecule has 10 heterocycles. The number of fused-ring (bicyclic) bond motifs is 2. The van der Waals surface area contributed by atoms with Crippen molar-refractivity contribution in [2.24, 2.45) is 14.1 Å². The number of hydrogen-bond acceptors (Lipinski definition) is 17. The average Bonchev–Trinajstić information content (AvgIpc) is 3.95. The maximum atomic E-state index is 13.2. The molecule has 2 atom stereocenters. The van der Waals surface area contributed by atoms with Crippen LogP contribution in [0.25, 0.3) is 22.5 Å². The Labute approximate surface area is 461 Å². The number of nitrogens with one attached hydrogen (secondary N) is 3. The van der Waals surface area contributed by atoms with E-state index < -0.39 is 0 Å². The predicted octanol–water partition coefficient (Wildman–Crippen LogP) is 6.14. The molecule has 0 aliphatic carbocycles. The molecule has 4 aromatic heterocycles. The Morgan fingerprint density at radius 3 is 1.66 bits per heavy atom. The summed E-state index contributed by atoms with van der Waals surface area (Å²) in [5.74, 6) is 2.11. The van der Waals surface area contributed by atoms with E-state index in [-0.39, 0.29) is 53.8 Å². The monoisotopic (exact) mass is 1080 g/mol. The quantitative estimate of drug-likeness (QED) is 0.105. The van der Waals surface area contributed by atoms with E-state index in [0.29, 0.717) is 70.2 Å². The third kappa shape index (κ3) is 14.4. The summed E-state index contributed by atoms with van der Waals surface area (Å²) >= 11 is 0. The number of anilines is 4. The molecule has 0 spiro atoms. The van der Waals surface area contributed by atoms with Crippen molar-refractivity contribution in [3.8, 4) is 22.5 Å². The zero-order chi connectivity index (χ0) is 55.0. The summed E-state index contributed by atoms with van der Waals surface area (Å²) < 4.78 is 25.1. The number of carbonyl (C=O) groups is 3. The van der Waals surface area contributed by atoms with Gasteiger partial charge in [0.25, 0.3) is 0 Å². The molecule has 6 aliphatic rings. The highest BCUT2D eigenvalue weighted by Gasteiger charge is 2.37. The van der Waals surface area contributed by atoms with Gasteiger partial charge in [-0.3, -0.25) is 28.6 Å². The number of ketones is 1. The molecule has 6 aliphatic heterocycles. The van der Waals surface area contributed by atoms with Gasteiger partial charge in [-0.2, -0.15) is 10.2 Å². The van der Waals surface area contributed by atoms with E-state index in [9.17, 15) is 14.4 Å². The van der Waals surface area contributed by atoms with E-state index in [2.05, 4.69) is 82.2 Å². The molecule has 0 bridgehead atoms. The van der Waals surface area contributed by atoms with Crippen molar-refractivity contribution in [1.29, 1.82) is 0 Å². The molecule has 2 amide bonds. The van der Waals surface area contributed by atoms with Gasteiger partial charge in [0.2, 0.25) is 23.7 Å². The van der Waals surface area contributed by atoms with Gasteiger partial charge in [-0.15, -0.1) is 0 Å². The van der Waals surface area contributed by atoms with Crippen LogP contribution in [0.2, 0.25) is 0 Å². The van der Waals surface area contributed by atoms with Crippen LogP contribution in [0.15, 0.2) is 85.7 Å². The van der Waals surface area contributed by atoms with Crippen LogP contribution in [0.3, 0.4) is 0 Å². The number of aryl methyl sites for hydroxylation is 2. The molecular formula is C58H74N14O7. The van der Waals surface area contributed by atoms with Gasteiger partial charge >= 0.3 is 0 Å². The molecule has 4 saturated heterocycles. The summed E-state index contributed by atoms with van der Waals surface area (Å²) in [5.41, 5.74) is 10.5. The van der Waals surface area contributed by atoms with Crippen LogP contribution >= 0.6 is 0 Å². The minimum absolute atomic E-state index is 0.164. The number of carbonyl (C=O) groups excluding carboxylic acids is 3. The van der Waals surface area contributed by atoms with Gasteiger partial charge in [-0.25, -0.2) is 19.9 Å². The van der Waals surface area contributed by atoms with Gasteiger partial charge < -0.3 is 44.7 Å². The first-order chi connectivity index (χ1) is 38.2. The van der Waals surface area contributed by atoms with Crippen LogP contribution in [-0.2, 0) is 60.5 Å². The summed E-state index contributed by atoms with van der Waals surface area (Å²) in [4.78, 5) is 60.5. The summed E-state index contributed by atoms with van der Waals surface area (Å²) in [7, 11) is 3.74. The lowest BCUT2D eigenvalue weighted by Gasteiger charge is -2.40. The largest absolute Gasteiger partial charge is 0.378 e. The second-order valence-electron chi connectivity index (χ2n) is 21.9. The van der Waals surface area contributed by atoms with E-state index in [1.54, 1.807) is 34.2 Å². The van der Waals surface area contributed by atoms with Gasteiger partial charge in [0.15, 0.2) is 5.78 Å². The smallest absolute Gasteiger partial charge is 0.227 e. The third-order valence-corrected chi connectivity index (χ3v) is 14.9. The van der Waals surface area contributed by atoms with E-state index in [4.69, 9.17) is 24.2 Å². The first-order valence-electron chi connectivity index (χ1n) is 27.7. The molecule has 4 fully saturated rings. The van der Waals surface area contributed by atoms with Gasteiger partial charge in [0, 0.05) is 102 Å². The minimum Gasteiger partial charge on any atom is -0.378 e. The van der Waals surface area contributed by atoms with Crippen LogP contribution in [0, 0.1) is 0 Å². The summed E-state index contributed by atoms with van der Waals surface area (Å²) in [6, 6.07) is 17.3. The molecule has 2 unspecified atom stereocenters. The number of ether oxygens (including phenoxy) is 4. The van der Waals surface area contributed by atoms with E-state index in [1.165, 1.54) is 22.3 Å². The topological polar surface area (TPSA) is 221 Å². The summed E-state index contributed by atoms with van der Waals surface area (Å²) in [6.07, 6.45) is 14.5. The van der Waals surface area contributed by atoms with Gasteiger partial charge in [0.05, 0.1) is 78.8 Å². The summed E-state index contributed by atoms with van der Waals surface area (Å²) in [6.45, 7) is 16.7. The second-order valence-corrected chi connectivity index (χ2v) is 21.9. The highest BCUT2D eigenvalue weighted by atomic mass is 16.5. The van der Waals surface area contributed by atoms with Crippen molar-refractivity contribution in [2.45, 2.75) is 109 Å². The third-order valence-electron chi connectivity index (χ3n) is 14.9. The Morgan fingerprint density at radius 1 is 0.696 bits per heavy atom. The van der Waals surface area contributed by atoms with Crippen LogP contribution in [-0.4, -0.2) is 168 Å². The SMILES string of the molecule is CC(C)OC1CN(C(=O)CC2CCN(C3COC3)Cc3cc(-c4ccnc(Nc5cnn(C)c5)n4)ccc32)C1.CC(C)OC1CN(C(=O)CC2CCNCc3cc(-c4ccnc(Nc5cnn(C)c5)n4)ccc32)C1.O=C1COC1. The Hall–Kier alpha value is -7.01. The number of amides is 2. The average molecular weight is 1080 g/mol. The Morgan fingerprint density at radius 2 is 1.20 bits per heavy atom. The number of hydrogen-bond donors (Lipinski definition) is 3. The predicted molar refractivity (Wildman–Crippen MR) is 298 cm³/mol. The first kappa shape index (κ1) is 55.3. The van der Waals surface area contributed by atoms with E-state index >= 15 is 0 Å². The van der Waals surface area contributed by atoms with Crippen molar-refractivity contribution in [3.63, 3.8) is 0 Å². The fraction of sp³-hybridized carbons (Fsp3) is 0.500. The Kier molecular flexibility index (Phi) is 17.8. The number of nitrogens with zero attached hydrogens (tertiary/aromatic N) is 11. The zero-order valence-corrected chi connectivity index (χ0v) is 46.2. The van der Waals surface area contributed by atoms with Crippen molar-refractivity contribution < 1.29 is 33.3 Å². The van der Waals surface area contributed by atoms with E-state index in [1.807, 2.05) is 76.1 Å². The van der Waals surface area contributed by atoms with Gasteiger partial charge in [0.1, 0.15) is 13.2 Å². The lowest BCUT2D eigenvalue weighted by Crippen LogP contribution is -2.55. The maximum absolute atomic E-state index is 13.2. The number of benzene rings is 2. The molecular weight excluding hydrogens is 1000 g/mol. The van der Waals surface area contributed by atoms with Crippen LogP contribution in [0.1, 0.15) is 87.5 Å². The van der Waals surface area contributed by atoms with Crippen molar-refractivity contribution in [3.05, 3.63) is 108 Å². The molecule has 0 radical (unpaired) electrons. The maximum Gasteiger partial charge on any atom is 0.227 e. The number of Topliss-reactive ketones (excluding diaryl/α,β-unsaturated/α-hetero) is 1. The highest BCUT2D eigenvalue weighted by Crippen LogP contribution is 2.37. The molecule has 0 saturated carbocycles. The fourth-order valence-corrected chi connectivity index (χ4v) is 10.7. The molecule has 6 aromatic rings. The minimum atomic E-state index is 0.164. The Balaban J connectivity index is 0.000000164. The second kappa shape index (κ2) is 25.4. The van der Waals surface area contributed by atoms with Gasteiger partial charge in [-0.05, 0) is 112 Å². The number of rotatable bonds is 15. The molecule has 2 aromatic carbocycles. The summed E-state index contributed by atoms with van der Waals surface area (Å²) in [5, 5.41) is 18.3. The van der Waals surface area contributed by atoms with Crippen molar-refractivity contribution >= 4 is 40.9 Å². The zero-order valence-electron chi connectivity index (χ0n) is 46.2. The van der Waals surface area contributed by atoms with Crippen LogP contribution < -0.4 is 16.0 Å². The van der Waals surface area contributed by atoms with E-state index in [0.717, 1.165) is 86.1 Å². The lowest BCUT2D eigenvalue weighted by atomic mass is 9.88. The molecule has 12 rings (SSSR count). The fourth-order valence-electron chi connectivity index (χ4n) is 10.7. The van der Waals surface area contributed by atoms with Crippen LogP contribution in [0.4, 0.5) is 23.3 Å². The van der Waals surface area contributed by atoms with Crippen molar-refractivity contribution in [2.75, 3.05) is 76.3 Å². The van der Waals surface area contributed by atoms with Crippen LogP contribution in [0.5, 0.6) is 0 Å².